The highest BCUT2D eigenvalue weighted by molar-refractivity contribution is 5.89. The molecule has 11 heteroatoms. The number of aryl methyl sites for hydroxylation is 1. The Morgan fingerprint density at radius 1 is 1.23 bits per heavy atom. The van der Waals surface area contributed by atoms with Crippen molar-refractivity contribution in [3.63, 3.8) is 0 Å². The van der Waals surface area contributed by atoms with Crippen molar-refractivity contribution in [2.45, 2.75) is 46.6 Å². The number of carbonyl (C=O) groups is 1. The number of benzene rings is 1. The molecule has 11 nitrogen and oxygen atoms in total. The van der Waals surface area contributed by atoms with Gasteiger partial charge >= 0.3 is 17.5 Å². The molecule has 0 radical (unpaired) electrons. The van der Waals surface area contributed by atoms with E-state index in [1.807, 2.05) is 19.1 Å². The minimum absolute atomic E-state index is 0.139. The van der Waals surface area contributed by atoms with Crippen molar-refractivity contribution in [1.82, 2.24) is 34.7 Å². The van der Waals surface area contributed by atoms with Crippen LogP contribution in [0.5, 0.6) is 0 Å². The van der Waals surface area contributed by atoms with E-state index in [1.165, 1.54) is 12.8 Å². The predicted molar refractivity (Wildman–Crippen MR) is 130 cm³/mol. The Kier molecular flexibility index (Phi) is 7.54. The van der Waals surface area contributed by atoms with Gasteiger partial charge in [-0.15, -0.1) is 0 Å². The van der Waals surface area contributed by atoms with E-state index >= 15 is 0 Å². The first-order valence-corrected chi connectivity index (χ1v) is 12.0. The molecular weight excluding hydrogens is 450 g/mol. The number of hydrogen-bond donors (Lipinski definition) is 1. The van der Waals surface area contributed by atoms with Gasteiger partial charge in [-0.05, 0) is 64.3 Å². The molecule has 0 aliphatic carbocycles. The van der Waals surface area contributed by atoms with Gasteiger partial charge in [0, 0.05) is 19.6 Å². The Morgan fingerprint density at radius 3 is 2.71 bits per heavy atom. The normalized spacial score (nSPS) is 16.4. The number of carbonyl (C=O) groups excluding carboxylic acids is 1. The zero-order chi connectivity index (χ0) is 24.9. The highest BCUT2D eigenvalue weighted by Crippen LogP contribution is 2.15. The SMILES string of the molecule is CCn1c(=O)c(-c2noc(C(=O)NCCCN3CCC[C@@H](C)C3)n2)nn(-c2ccc(C)cc2)c1=O. The second kappa shape index (κ2) is 10.8. The van der Waals surface area contributed by atoms with Crippen molar-refractivity contribution in [1.29, 1.82) is 0 Å². The van der Waals surface area contributed by atoms with E-state index in [2.05, 4.69) is 32.4 Å². The first-order chi connectivity index (χ1) is 16.9. The standard InChI is InChI=1S/C24H31N7O4/c1-4-30-23(33)19(27-31(24(30)34)18-10-8-16(2)9-11-18)20-26-22(35-28-20)21(32)25-12-6-14-29-13-5-7-17(3)15-29/h8-11,17H,4-7,12-15H2,1-3H3,(H,25,32)/t17-/m1/s1. The van der Waals surface area contributed by atoms with Gasteiger partial charge in [0.2, 0.25) is 5.82 Å². The van der Waals surface area contributed by atoms with Crippen LogP contribution in [0.3, 0.4) is 0 Å². The average molecular weight is 482 g/mol. The Labute approximate surface area is 202 Å². The number of nitrogens with zero attached hydrogens (tertiary/aromatic N) is 6. The van der Waals surface area contributed by atoms with Crippen LogP contribution in [0.1, 0.15) is 49.4 Å². The maximum atomic E-state index is 12.9. The number of hydrogen-bond acceptors (Lipinski definition) is 8. The van der Waals surface area contributed by atoms with Crippen LogP contribution in [0.25, 0.3) is 17.2 Å². The summed E-state index contributed by atoms with van der Waals surface area (Å²) in [6.07, 6.45) is 3.29. The van der Waals surface area contributed by atoms with E-state index in [9.17, 15) is 14.4 Å². The molecule has 186 valence electrons. The summed E-state index contributed by atoms with van der Waals surface area (Å²) in [5, 5.41) is 10.8. The van der Waals surface area contributed by atoms with Crippen LogP contribution >= 0.6 is 0 Å². The summed E-state index contributed by atoms with van der Waals surface area (Å²) >= 11 is 0. The van der Waals surface area contributed by atoms with Gasteiger partial charge in [0.25, 0.3) is 5.56 Å². The second-order valence-corrected chi connectivity index (χ2v) is 9.01. The average Bonchev–Trinajstić information content (AvgIpc) is 3.33. The Bertz CT molecular complexity index is 1290. The van der Waals surface area contributed by atoms with Crippen LogP contribution in [-0.4, -0.2) is 61.5 Å². The molecule has 1 aromatic carbocycles. The lowest BCUT2D eigenvalue weighted by molar-refractivity contribution is 0.0906. The summed E-state index contributed by atoms with van der Waals surface area (Å²) in [6.45, 7) is 9.59. The number of piperidine rings is 1. The van der Waals surface area contributed by atoms with Crippen LogP contribution in [0.4, 0.5) is 0 Å². The van der Waals surface area contributed by atoms with E-state index in [-0.39, 0.29) is 24.0 Å². The Hall–Kier alpha value is -3.60. The molecule has 3 heterocycles. The zero-order valence-electron chi connectivity index (χ0n) is 20.4. The number of nitrogens with one attached hydrogen (secondary N) is 1. The van der Waals surface area contributed by atoms with E-state index in [0.29, 0.717) is 18.2 Å². The molecule has 1 fully saturated rings. The summed E-state index contributed by atoms with van der Waals surface area (Å²) < 4.78 is 7.27. The van der Waals surface area contributed by atoms with E-state index in [0.717, 1.165) is 40.9 Å². The molecule has 2 aromatic heterocycles. The van der Waals surface area contributed by atoms with Gasteiger partial charge in [0.1, 0.15) is 0 Å². The van der Waals surface area contributed by atoms with Crippen LogP contribution < -0.4 is 16.6 Å². The molecule has 1 N–H and O–H groups in total. The quantitative estimate of drug-likeness (QED) is 0.481. The Balaban J connectivity index is 1.48. The van der Waals surface area contributed by atoms with Crippen molar-refractivity contribution < 1.29 is 9.32 Å². The van der Waals surface area contributed by atoms with Gasteiger partial charge in [-0.1, -0.05) is 29.8 Å². The predicted octanol–water partition coefficient (Wildman–Crippen LogP) is 1.62. The number of amides is 1. The first kappa shape index (κ1) is 24.5. The zero-order valence-corrected chi connectivity index (χ0v) is 20.4. The number of likely N-dealkylation sites (tertiary alicyclic amines) is 1. The summed E-state index contributed by atoms with van der Waals surface area (Å²) in [5.41, 5.74) is 0.117. The molecule has 35 heavy (non-hydrogen) atoms. The molecule has 1 saturated heterocycles. The molecule has 1 atom stereocenters. The summed E-state index contributed by atoms with van der Waals surface area (Å²) in [4.78, 5) is 44.7. The lowest BCUT2D eigenvalue weighted by atomic mass is 10.0. The van der Waals surface area contributed by atoms with Gasteiger partial charge in [-0.3, -0.25) is 14.2 Å². The monoisotopic (exact) mass is 481 g/mol. The van der Waals surface area contributed by atoms with Gasteiger partial charge < -0.3 is 14.7 Å². The molecule has 0 unspecified atom stereocenters. The molecule has 3 aromatic rings. The second-order valence-electron chi connectivity index (χ2n) is 9.01. The first-order valence-electron chi connectivity index (χ1n) is 12.0. The van der Waals surface area contributed by atoms with Crippen molar-refractivity contribution >= 4 is 5.91 Å². The van der Waals surface area contributed by atoms with Crippen LogP contribution in [0.2, 0.25) is 0 Å². The van der Waals surface area contributed by atoms with E-state index in [4.69, 9.17) is 4.52 Å². The highest BCUT2D eigenvalue weighted by atomic mass is 16.5. The van der Waals surface area contributed by atoms with Crippen molar-refractivity contribution in [2.24, 2.45) is 5.92 Å². The molecule has 0 bridgehead atoms. The minimum atomic E-state index is -0.649. The lowest BCUT2D eigenvalue weighted by Crippen LogP contribution is -2.41. The third kappa shape index (κ3) is 5.56. The smallest absolute Gasteiger partial charge is 0.348 e. The topological polar surface area (TPSA) is 128 Å². The number of rotatable bonds is 8. The third-order valence-electron chi connectivity index (χ3n) is 6.16. The molecule has 4 rings (SSSR count). The Morgan fingerprint density at radius 2 is 2.00 bits per heavy atom. The number of aromatic nitrogens is 5. The van der Waals surface area contributed by atoms with E-state index < -0.39 is 17.2 Å². The molecule has 0 spiro atoms. The van der Waals surface area contributed by atoms with Gasteiger partial charge in [-0.25, -0.2) is 4.79 Å². The van der Waals surface area contributed by atoms with Crippen molar-refractivity contribution in [3.05, 3.63) is 56.6 Å². The van der Waals surface area contributed by atoms with Crippen LogP contribution in [0, 0.1) is 12.8 Å². The van der Waals surface area contributed by atoms with Gasteiger partial charge in [-0.2, -0.15) is 14.8 Å². The summed E-state index contributed by atoms with van der Waals surface area (Å²) in [6, 6.07) is 7.15. The molecule has 0 saturated carbocycles. The van der Waals surface area contributed by atoms with E-state index in [1.54, 1.807) is 19.1 Å². The highest BCUT2D eigenvalue weighted by Gasteiger charge is 2.22. The maximum Gasteiger partial charge on any atom is 0.352 e. The van der Waals surface area contributed by atoms with Crippen LogP contribution in [0.15, 0.2) is 38.4 Å². The lowest BCUT2D eigenvalue weighted by Gasteiger charge is -2.30. The fourth-order valence-corrected chi connectivity index (χ4v) is 4.27. The van der Waals surface area contributed by atoms with Gasteiger partial charge in [0.15, 0.2) is 5.69 Å². The third-order valence-corrected chi connectivity index (χ3v) is 6.16. The van der Waals surface area contributed by atoms with Crippen molar-refractivity contribution in [3.8, 4) is 17.2 Å². The fraction of sp³-hybridized carbons (Fsp3) is 0.500. The molecule has 1 aliphatic rings. The summed E-state index contributed by atoms with van der Waals surface area (Å²) in [5.74, 6) is -0.214. The van der Waals surface area contributed by atoms with Crippen molar-refractivity contribution in [2.75, 3.05) is 26.2 Å². The molecular formula is C24H31N7O4. The largest absolute Gasteiger partial charge is 0.352 e. The summed E-state index contributed by atoms with van der Waals surface area (Å²) in [7, 11) is 0. The minimum Gasteiger partial charge on any atom is -0.348 e. The molecule has 1 aliphatic heterocycles. The van der Waals surface area contributed by atoms with Crippen LogP contribution in [-0.2, 0) is 6.54 Å². The van der Waals surface area contributed by atoms with Gasteiger partial charge in [0.05, 0.1) is 5.69 Å². The maximum absolute atomic E-state index is 12.9. The fourth-order valence-electron chi connectivity index (χ4n) is 4.27. The molecule has 1 amide bonds.